The zero-order valence-corrected chi connectivity index (χ0v) is 14.5. The molecule has 0 aliphatic rings. The lowest BCUT2D eigenvalue weighted by Gasteiger charge is -2.11. The number of nitrogen functional groups attached to an aromatic ring is 1. The van der Waals surface area contributed by atoms with Gasteiger partial charge < -0.3 is 20.0 Å². The molecular formula is C15H11F3N4O5S. The summed E-state index contributed by atoms with van der Waals surface area (Å²) < 4.78 is 71.2. The van der Waals surface area contributed by atoms with Crippen LogP contribution in [-0.4, -0.2) is 35.1 Å². The number of aliphatic hydroxyl groups is 1. The number of alkyl halides is 3. The van der Waals surface area contributed by atoms with Crippen LogP contribution >= 0.6 is 0 Å². The molecule has 0 amide bonds. The molecule has 2 heterocycles. The SMILES string of the molecule is Nc1cc(S(=O)(=O)c2cccc(OC(F)(F)F)c2)cnc1-c1nnc(CO)o1. The highest BCUT2D eigenvalue weighted by molar-refractivity contribution is 7.91. The highest BCUT2D eigenvalue weighted by Crippen LogP contribution is 2.30. The standard InChI is InChI=1S/C15H11F3N4O5S/c16-15(17,18)27-8-2-1-3-9(4-8)28(24,25)10-5-11(19)13(20-6-10)14-22-21-12(7-23)26-14/h1-6,23H,7,19H2. The third-order valence-corrected chi connectivity index (χ3v) is 5.07. The van der Waals surface area contributed by atoms with E-state index in [1.54, 1.807) is 0 Å². The van der Waals surface area contributed by atoms with Gasteiger partial charge in [-0.3, -0.25) is 0 Å². The molecule has 0 radical (unpaired) electrons. The zero-order chi connectivity index (χ0) is 20.5. The van der Waals surface area contributed by atoms with Gasteiger partial charge in [0, 0.05) is 6.20 Å². The van der Waals surface area contributed by atoms with Crippen molar-refractivity contribution in [1.82, 2.24) is 15.2 Å². The second-order valence-electron chi connectivity index (χ2n) is 5.29. The first-order valence-electron chi connectivity index (χ1n) is 7.40. The lowest BCUT2D eigenvalue weighted by molar-refractivity contribution is -0.274. The van der Waals surface area contributed by atoms with Crippen LogP contribution in [0.3, 0.4) is 0 Å². The highest BCUT2D eigenvalue weighted by Gasteiger charge is 2.31. The Balaban J connectivity index is 1.96. The number of halogens is 3. The topological polar surface area (TPSA) is 141 Å². The summed E-state index contributed by atoms with van der Waals surface area (Å²) in [6.45, 7) is -0.504. The first kappa shape index (κ1) is 19.6. The van der Waals surface area contributed by atoms with Crippen LogP contribution in [0.2, 0.25) is 0 Å². The highest BCUT2D eigenvalue weighted by atomic mass is 32.2. The van der Waals surface area contributed by atoms with E-state index in [4.69, 9.17) is 15.3 Å². The van der Waals surface area contributed by atoms with Gasteiger partial charge in [-0.25, -0.2) is 13.4 Å². The summed E-state index contributed by atoms with van der Waals surface area (Å²) in [6.07, 6.45) is -4.02. The maximum absolute atomic E-state index is 12.7. The predicted molar refractivity (Wildman–Crippen MR) is 86.4 cm³/mol. The summed E-state index contributed by atoms with van der Waals surface area (Å²) in [5, 5.41) is 16.1. The van der Waals surface area contributed by atoms with Crippen LogP contribution in [0.4, 0.5) is 18.9 Å². The lowest BCUT2D eigenvalue weighted by Crippen LogP contribution is -2.17. The van der Waals surface area contributed by atoms with Crippen LogP contribution in [-0.2, 0) is 16.4 Å². The molecule has 28 heavy (non-hydrogen) atoms. The van der Waals surface area contributed by atoms with Crippen LogP contribution in [0.1, 0.15) is 5.89 Å². The van der Waals surface area contributed by atoms with Gasteiger partial charge in [0.05, 0.1) is 15.5 Å². The van der Waals surface area contributed by atoms with Crippen molar-refractivity contribution in [3.63, 3.8) is 0 Å². The molecule has 0 aliphatic heterocycles. The zero-order valence-electron chi connectivity index (χ0n) is 13.7. The van der Waals surface area contributed by atoms with Gasteiger partial charge in [0.15, 0.2) is 5.69 Å². The normalized spacial score (nSPS) is 12.1. The van der Waals surface area contributed by atoms with Crippen molar-refractivity contribution in [2.45, 2.75) is 22.8 Å². The Hall–Kier alpha value is -3.19. The largest absolute Gasteiger partial charge is 0.573 e. The van der Waals surface area contributed by atoms with Gasteiger partial charge in [0.1, 0.15) is 12.4 Å². The Bertz CT molecular complexity index is 1110. The molecule has 0 bridgehead atoms. The van der Waals surface area contributed by atoms with E-state index < -0.39 is 33.5 Å². The predicted octanol–water partition coefficient (Wildman–Crippen LogP) is 1.94. The number of hydrogen-bond acceptors (Lipinski definition) is 9. The molecule has 2 aromatic heterocycles. The number of aromatic nitrogens is 3. The molecule has 0 saturated carbocycles. The number of anilines is 1. The van der Waals surface area contributed by atoms with Crippen LogP contribution in [0, 0.1) is 0 Å². The number of aliphatic hydroxyl groups excluding tert-OH is 1. The molecule has 3 rings (SSSR count). The molecule has 9 nitrogen and oxygen atoms in total. The van der Waals surface area contributed by atoms with Crippen molar-refractivity contribution < 1.29 is 35.8 Å². The molecule has 13 heteroatoms. The molecule has 0 aliphatic carbocycles. The van der Waals surface area contributed by atoms with Gasteiger partial charge >= 0.3 is 6.36 Å². The molecule has 0 spiro atoms. The Morgan fingerprint density at radius 1 is 1.18 bits per heavy atom. The number of rotatable bonds is 5. The number of hydrogen-bond donors (Lipinski definition) is 2. The van der Waals surface area contributed by atoms with E-state index in [2.05, 4.69) is 19.9 Å². The third-order valence-electron chi connectivity index (χ3n) is 3.36. The van der Waals surface area contributed by atoms with Gasteiger partial charge in [-0.15, -0.1) is 23.4 Å². The molecule has 0 saturated heterocycles. The van der Waals surface area contributed by atoms with Gasteiger partial charge in [0.2, 0.25) is 15.7 Å². The van der Waals surface area contributed by atoms with Gasteiger partial charge in [0.25, 0.3) is 5.89 Å². The number of pyridine rings is 1. The number of sulfone groups is 1. The molecule has 0 unspecified atom stereocenters. The summed E-state index contributed by atoms with van der Waals surface area (Å²) >= 11 is 0. The summed E-state index contributed by atoms with van der Waals surface area (Å²) in [5.41, 5.74) is 5.66. The second kappa shape index (κ2) is 7.09. The van der Waals surface area contributed by atoms with Crippen LogP contribution in [0.25, 0.3) is 11.6 Å². The minimum Gasteiger partial charge on any atom is -0.417 e. The summed E-state index contributed by atoms with van der Waals surface area (Å²) in [6, 6.07) is 4.97. The molecule has 3 aromatic rings. The number of nitrogens with zero attached hydrogens (tertiary/aromatic N) is 3. The monoisotopic (exact) mass is 416 g/mol. The third kappa shape index (κ3) is 4.04. The summed E-state index contributed by atoms with van der Waals surface area (Å²) in [4.78, 5) is 3.07. The van der Waals surface area contributed by atoms with Crippen LogP contribution in [0.5, 0.6) is 5.75 Å². The van der Waals surface area contributed by atoms with Gasteiger partial charge in [-0.05, 0) is 24.3 Å². The van der Waals surface area contributed by atoms with Crippen molar-refractivity contribution in [3.8, 4) is 17.3 Å². The van der Waals surface area contributed by atoms with E-state index in [-0.39, 0.29) is 28.1 Å². The van der Waals surface area contributed by atoms with Crippen molar-refractivity contribution >= 4 is 15.5 Å². The molecule has 0 fully saturated rings. The first-order chi connectivity index (χ1) is 13.1. The average molecular weight is 416 g/mol. The number of benzene rings is 1. The van der Waals surface area contributed by atoms with Crippen molar-refractivity contribution in [3.05, 3.63) is 42.4 Å². The minimum atomic E-state index is -4.96. The van der Waals surface area contributed by atoms with E-state index in [0.29, 0.717) is 0 Å². The minimum absolute atomic E-state index is 0.0136. The van der Waals surface area contributed by atoms with E-state index >= 15 is 0 Å². The molecule has 0 atom stereocenters. The second-order valence-corrected chi connectivity index (χ2v) is 7.24. The fourth-order valence-electron chi connectivity index (χ4n) is 2.18. The fourth-order valence-corrected chi connectivity index (χ4v) is 3.45. The van der Waals surface area contributed by atoms with Gasteiger partial charge in [-0.2, -0.15) is 0 Å². The van der Waals surface area contributed by atoms with Crippen molar-refractivity contribution in [2.24, 2.45) is 0 Å². The van der Waals surface area contributed by atoms with Crippen molar-refractivity contribution in [2.75, 3.05) is 5.73 Å². The maximum Gasteiger partial charge on any atom is 0.573 e. The fraction of sp³-hybridized carbons (Fsp3) is 0.133. The van der Waals surface area contributed by atoms with Crippen LogP contribution in [0.15, 0.2) is 50.7 Å². The van der Waals surface area contributed by atoms with E-state index in [1.165, 1.54) is 0 Å². The molecular weight excluding hydrogens is 405 g/mol. The molecule has 1 aromatic carbocycles. The molecule has 148 valence electrons. The van der Waals surface area contributed by atoms with Crippen LogP contribution < -0.4 is 10.5 Å². The first-order valence-corrected chi connectivity index (χ1v) is 8.88. The Morgan fingerprint density at radius 2 is 1.93 bits per heavy atom. The number of nitrogens with two attached hydrogens (primary N) is 1. The van der Waals surface area contributed by atoms with E-state index in [0.717, 1.165) is 36.5 Å². The summed E-state index contributed by atoms with van der Waals surface area (Å²) in [7, 11) is -4.23. The molecule has 3 N–H and O–H groups in total. The number of ether oxygens (including phenoxy) is 1. The Morgan fingerprint density at radius 3 is 2.54 bits per heavy atom. The Labute approximate surface area is 155 Å². The maximum atomic E-state index is 12.7. The average Bonchev–Trinajstić information content (AvgIpc) is 3.09. The van der Waals surface area contributed by atoms with E-state index in [9.17, 15) is 21.6 Å². The smallest absolute Gasteiger partial charge is 0.417 e. The Kier molecular flexibility index (Phi) is 4.95. The quantitative estimate of drug-likeness (QED) is 0.638. The van der Waals surface area contributed by atoms with Gasteiger partial charge in [-0.1, -0.05) is 6.07 Å². The lowest BCUT2D eigenvalue weighted by atomic mass is 10.3. The van der Waals surface area contributed by atoms with Crippen molar-refractivity contribution in [1.29, 1.82) is 0 Å². The summed E-state index contributed by atoms with van der Waals surface area (Å²) in [5.74, 6) is -0.908. The van der Waals surface area contributed by atoms with E-state index in [1.807, 2.05) is 0 Å².